The number of nitrogens with zero attached hydrogens (tertiary/aromatic N) is 1. The smallest absolute Gasteiger partial charge is 0.243 e. The summed E-state index contributed by atoms with van der Waals surface area (Å²) in [5.41, 5.74) is 6.60. The highest BCUT2D eigenvalue weighted by Crippen LogP contribution is 2.21. The van der Waals surface area contributed by atoms with Crippen molar-refractivity contribution >= 4 is 22.4 Å². The summed E-state index contributed by atoms with van der Waals surface area (Å²) in [6.07, 6.45) is 0.633. The lowest BCUT2D eigenvalue weighted by molar-refractivity contribution is -0.117. The first-order valence-electron chi connectivity index (χ1n) is 5.06. The zero-order valence-corrected chi connectivity index (χ0v) is 10.1. The number of carbonyl (C=O) groups excluding carboxylic acids is 1. The number of nitrogens with two attached hydrogens (primary N) is 1. The van der Waals surface area contributed by atoms with Crippen molar-refractivity contribution in [2.24, 2.45) is 5.73 Å². The van der Waals surface area contributed by atoms with Gasteiger partial charge in [0.2, 0.25) is 5.91 Å². The summed E-state index contributed by atoms with van der Waals surface area (Å²) in [6, 6.07) is -0.448. The lowest BCUT2D eigenvalue weighted by Gasteiger charge is -2.07. The molecule has 0 unspecified atom stereocenters. The van der Waals surface area contributed by atoms with Gasteiger partial charge in [0, 0.05) is 5.38 Å². The molecular weight excluding hydrogens is 210 g/mol. The van der Waals surface area contributed by atoms with Crippen LogP contribution in [0.1, 0.15) is 38.8 Å². The summed E-state index contributed by atoms with van der Waals surface area (Å²) in [7, 11) is 0. The number of aromatic nitrogens is 1. The van der Waals surface area contributed by atoms with Crippen molar-refractivity contribution in [3.8, 4) is 0 Å². The lowest BCUT2D eigenvalue weighted by Crippen LogP contribution is -2.34. The number of anilines is 1. The molecule has 3 N–H and O–H groups in total. The molecule has 0 aliphatic rings. The van der Waals surface area contributed by atoms with E-state index in [1.54, 1.807) is 0 Å². The molecule has 0 radical (unpaired) electrons. The van der Waals surface area contributed by atoms with Gasteiger partial charge < -0.3 is 11.1 Å². The van der Waals surface area contributed by atoms with Gasteiger partial charge in [-0.05, 0) is 12.3 Å². The molecule has 15 heavy (non-hydrogen) atoms. The second-order valence-corrected chi connectivity index (χ2v) is 4.59. The highest BCUT2D eigenvalue weighted by molar-refractivity contribution is 7.13. The molecule has 0 aromatic carbocycles. The Kier molecular flexibility index (Phi) is 4.23. The van der Waals surface area contributed by atoms with E-state index in [4.69, 9.17) is 5.73 Å². The average Bonchev–Trinajstić information content (AvgIpc) is 2.65. The lowest BCUT2D eigenvalue weighted by atomic mass is 10.2. The van der Waals surface area contributed by atoms with Crippen molar-refractivity contribution in [1.29, 1.82) is 0 Å². The van der Waals surface area contributed by atoms with E-state index in [1.165, 1.54) is 11.3 Å². The normalized spacial score (nSPS) is 12.9. The van der Waals surface area contributed by atoms with Crippen LogP contribution in [0.25, 0.3) is 0 Å². The standard InChI is InChI=1S/C10H17N3OS/c1-4-7(11)9(14)13-10-12-8(5-15-10)6(2)3/h5-7H,4,11H2,1-3H3,(H,12,13,14)/t7-/m0/s1. The molecule has 0 aliphatic carbocycles. The van der Waals surface area contributed by atoms with Crippen LogP contribution in [0.15, 0.2) is 5.38 Å². The summed E-state index contributed by atoms with van der Waals surface area (Å²) in [6.45, 7) is 6.02. The minimum absolute atomic E-state index is 0.165. The van der Waals surface area contributed by atoms with E-state index in [9.17, 15) is 4.79 Å². The third-order valence-electron chi connectivity index (χ3n) is 2.12. The Balaban J connectivity index is 2.61. The van der Waals surface area contributed by atoms with Crippen LogP contribution >= 0.6 is 11.3 Å². The molecule has 1 amide bonds. The molecule has 0 saturated carbocycles. The van der Waals surface area contributed by atoms with Gasteiger partial charge in [-0.15, -0.1) is 11.3 Å². The zero-order valence-electron chi connectivity index (χ0n) is 9.28. The Morgan fingerprint density at radius 2 is 2.33 bits per heavy atom. The fraction of sp³-hybridized carbons (Fsp3) is 0.600. The van der Waals surface area contributed by atoms with Gasteiger partial charge in [-0.1, -0.05) is 20.8 Å². The van der Waals surface area contributed by atoms with E-state index < -0.39 is 6.04 Å². The molecule has 1 heterocycles. The fourth-order valence-electron chi connectivity index (χ4n) is 0.992. The Hall–Kier alpha value is -0.940. The summed E-state index contributed by atoms with van der Waals surface area (Å²) in [5, 5.41) is 5.30. The molecule has 0 fully saturated rings. The average molecular weight is 227 g/mol. The van der Waals surface area contributed by atoms with Gasteiger partial charge >= 0.3 is 0 Å². The quantitative estimate of drug-likeness (QED) is 0.826. The van der Waals surface area contributed by atoms with Crippen LogP contribution in [0, 0.1) is 0 Å². The van der Waals surface area contributed by atoms with E-state index >= 15 is 0 Å². The largest absolute Gasteiger partial charge is 0.320 e. The second-order valence-electron chi connectivity index (χ2n) is 3.74. The first-order valence-corrected chi connectivity index (χ1v) is 5.94. The van der Waals surface area contributed by atoms with E-state index in [0.29, 0.717) is 17.5 Å². The van der Waals surface area contributed by atoms with Gasteiger partial charge in [-0.2, -0.15) is 0 Å². The molecule has 1 rings (SSSR count). The molecule has 0 spiro atoms. The van der Waals surface area contributed by atoms with E-state index in [2.05, 4.69) is 24.1 Å². The maximum Gasteiger partial charge on any atom is 0.243 e. The topological polar surface area (TPSA) is 68.0 Å². The van der Waals surface area contributed by atoms with Gasteiger partial charge in [0.25, 0.3) is 0 Å². The zero-order chi connectivity index (χ0) is 11.4. The summed E-state index contributed by atoms with van der Waals surface area (Å²) in [5.74, 6) is 0.217. The van der Waals surface area contributed by atoms with Gasteiger partial charge in [-0.25, -0.2) is 4.98 Å². The van der Waals surface area contributed by atoms with Crippen LogP contribution < -0.4 is 11.1 Å². The second kappa shape index (κ2) is 5.23. The van der Waals surface area contributed by atoms with Crippen LogP contribution in [0.5, 0.6) is 0 Å². The molecule has 0 bridgehead atoms. The van der Waals surface area contributed by atoms with Crippen LogP contribution in [-0.2, 0) is 4.79 Å². The van der Waals surface area contributed by atoms with E-state index in [-0.39, 0.29) is 5.91 Å². The van der Waals surface area contributed by atoms with Crippen molar-refractivity contribution in [2.75, 3.05) is 5.32 Å². The number of thiazole rings is 1. The van der Waals surface area contributed by atoms with Crippen LogP contribution in [0.3, 0.4) is 0 Å². The number of hydrogen-bond acceptors (Lipinski definition) is 4. The number of rotatable bonds is 4. The molecule has 0 saturated heterocycles. The third kappa shape index (κ3) is 3.28. The third-order valence-corrected chi connectivity index (χ3v) is 2.90. The number of amides is 1. The van der Waals surface area contributed by atoms with Crippen molar-refractivity contribution in [3.05, 3.63) is 11.1 Å². The van der Waals surface area contributed by atoms with Crippen LogP contribution in [0.4, 0.5) is 5.13 Å². The minimum Gasteiger partial charge on any atom is -0.320 e. The molecule has 1 atom stereocenters. The van der Waals surface area contributed by atoms with Crippen LogP contribution in [0.2, 0.25) is 0 Å². The van der Waals surface area contributed by atoms with Gasteiger partial charge in [0.15, 0.2) is 5.13 Å². The first kappa shape index (κ1) is 12.1. The SMILES string of the molecule is CC[C@H](N)C(=O)Nc1nc(C(C)C)cs1. The summed E-state index contributed by atoms with van der Waals surface area (Å²) < 4.78 is 0. The molecule has 84 valence electrons. The molecule has 1 aromatic rings. The monoisotopic (exact) mass is 227 g/mol. The molecule has 4 nitrogen and oxygen atoms in total. The summed E-state index contributed by atoms with van der Waals surface area (Å²) in [4.78, 5) is 15.8. The Morgan fingerprint density at radius 3 is 2.80 bits per heavy atom. The molecule has 0 aliphatic heterocycles. The van der Waals surface area contributed by atoms with Crippen molar-refractivity contribution in [3.63, 3.8) is 0 Å². The van der Waals surface area contributed by atoms with Crippen molar-refractivity contribution in [2.45, 2.75) is 39.2 Å². The number of carbonyl (C=O) groups is 1. The van der Waals surface area contributed by atoms with Crippen LogP contribution in [-0.4, -0.2) is 16.9 Å². The van der Waals surface area contributed by atoms with Crippen molar-refractivity contribution < 1.29 is 4.79 Å². The Labute approximate surface area is 93.9 Å². The van der Waals surface area contributed by atoms with E-state index in [0.717, 1.165) is 5.69 Å². The summed E-state index contributed by atoms with van der Waals surface area (Å²) >= 11 is 1.44. The molecule has 1 aromatic heterocycles. The Morgan fingerprint density at radius 1 is 1.67 bits per heavy atom. The maximum absolute atomic E-state index is 11.5. The fourth-order valence-corrected chi connectivity index (χ4v) is 1.87. The van der Waals surface area contributed by atoms with Gasteiger partial charge in [-0.3, -0.25) is 4.79 Å². The minimum atomic E-state index is -0.448. The predicted molar refractivity (Wildman–Crippen MR) is 63.1 cm³/mol. The van der Waals surface area contributed by atoms with Crippen molar-refractivity contribution in [1.82, 2.24) is 4.98 Å². The number of nitrogens with one attached hydrogen (secondary N) is 1. The highest BCUT2D eigenvalue weighted by Gasteiger charge is 2.13. The number of hydrogen-bond donors (Lipinski definition) is 2. The highest BCUT2D eigenvalue weighted by atomic mass is 32.1. The van der Waals surface area contributed by atoms with Gasteiger partial charge in [0.05, 0.1) is 11.7 Å². The molecular formula is C10H17N3OS. The first-order chi connectivity index (χ1) is 7.04. The predicted octanol–water partition coefficient (Wildman–Crippen LogP) is 1.94. The van der Waals surface area contributed by atoms with E-state index in [1.807, 2.05) is 12.3 Å². The Bertz CT molecular complexity index is 335. The molecule has 5 heteroatoms. The van der Waals surface area contributed by atoms with Gasteiger partial charge in [0.1, 0.15) is 0 Å². The maximum atomic E-state index is 11.5.